The van der Waals surface area contributed by atoms with Crippen molar-refractivity contribution in [3.63, 3.8) is 0 Å². The Balaban J connectivity index is 1.38. The molecule has 134 valence electrons. The van der Waals surface area contributed by atoms with Crippen molar-refractivity contribution in [1.82, 2.24) is 24.6 Å². The van der Waals surface area contributed by atoms with Crippen molar-refractivity contribution in [2.24, 2.45) is 13.0 Å². The first-order chi connectivity index (χ1) is 12.3. The van der Waals surface area contributed by atoms with Gasteiger partial charge in [0.2, 0.25) is 0 Å². The molecule has 1 atom stereocenters. The first kappa shape index (κ1) is 16.7. The maximum Gasteiger partial charge on any atom is 0.0983 e. The van der Waals surface area contributed by atoms with Crippen LogP contribution in [0.25, 0.3) is 11.3 Å². The number of aryl methyl sites for hydroxylation is 1. The Morgan fingerprint density at radius 2 is 2.08 bits per heavy atom. The summed E-state index contributed by atoms with van der Waals surface area (Å²) < 4.78 is 7.37. The van der Waals surface area contributed by atoms with E-state index in [1.165, 1.54) is 31.6 Å². The van der Waals surface area contributed by atoms with Crippen LogP contribution in [-0.4, -0.2) is 70.5 Å². The van der Waals surface area contributed by atoms with Gasteiger partial charge >= 0.3 is 0 Å². The van der Waals surface area contributed by atoms with Crippen molar-refractivity contribution >= 4 is 0 Å². The minimum Gasteiger partial charge on any atom is -0.379 e. The van der Waals surface area contributed by atoms with Crippen LogP contribution in [0, 0.1) is 5.92 Å². The van der Waals surface area contributed by atoms with Gasteiger partial charge in [-0.2, -0.15) is 5.10 Å². The zero-order chi connectivity index (χ0) is 17.1. The molecule has 1 unspecified atom stereocenters. The van der Waals surface area contributed by atoms with Gasteiger partial charge in [0.25, 0.3) is 0 Å². The van der Waals surface area contributed by atoms with Crippen LogP contribution in [-0.2, 0) is 18.3 Å². The van der Waals surface area contributed by atoms with Crippen molar-refractivity contribution < 1.29 is 4.74 Å². The maximum absolute atomic E-state index is 5.46. The van der Waals surface area contributed by atoms with Crippen LogP contribution in [0.1, 0.15) is 12.0 Å². The molecule has 0 amide bonds. The summed E-state index contributed by atoms with van der Waals surface area (Å²) in [4.78, 5) is 9.37. The van der Waals surface area contributed by atoms with Crippen molar-refractivity contribution in [1.29, 1.82) is 0 Å². The Bertz CT molecular complexity index is 680. The molecule has 2 aromatic heterocycles. The molecule has 2 aliphatic heterocycles. The molecule has 25 heavy (non-hydrogen) atoms. The normalized spacial score (nSPS) is 22.5. The van der Waals surface area contributed by atoms with Gasteiger partial charge in [-0.15, -0.1) is 0 Å². The molecule has 2 aromatic rings. The van der Waals surface area contributed by atoms with Gasteiger partial charge in [0.1, 0.15) is 0 Å². The van der Waals surface area contributed by atoms with Crippen molar-refractivity contribution in [3.05, 3.63) is 36.3 Å². The van der Waals surface area contributed by atoms with Crippen LogP contribution in [0.2, 0.25) is 0 Å². The Morgan fingerprint density at radius 3 is 2.88 bits per heavy atom. The quantitative estimate of drug-likeness (QED) is 0.827. The molecule has 0 aromatic carbocycles. The Kier molecular flexibility index (Phi) is 5.10. The molecule has 2 fully saturated rings. The molecular weight excluding hydrogens is 314 g/mol. The molecule has 0 spiro atoms. The van der Waals surface area contributed by atoms with Crippen LogP contribution in [0.15, 0.2) is 30.7 Å². The lowest BCUT2D eigenvalue weighted by Gasteiger charge is -2.29. The minimum atomic E-state index is 0.775. The largest absolute Gasteiger partial charge is 0.379 e. The van der Waals surface area contributed by atoms with Crippen molar-refractivity contribution in [2.75, 3.05) is 45.9 Å². The van der Waals surface area contributed by atoms with Gasteiger partial charge in [-0.3, -0.25) is 19.5 Å². The van der Waals surface area contributed by atoms with E-state index in [0.29, 0.717) is 0 Å². The lowest BCUT2D eigenvalue weighted by Crippen LogP contribution is -2.39. The molecule has 2 aliphatic rings. The standard InChI is InChI=1S/C19H27N5O/c1-22-14-18(19(21-22)17-3-2-5-20-11-17)15-24-6-4-16(13-24)12-23-7-9-25-10-8-23/h2-3,5,11,14,16H,4,6-10,12-13,15H2,1H3. The Labute approximate surface area is 149 Å². The summed E-state index contributed by atoms with van der Waals surface area (Å²) in [6.45, 7) is 8.49. The third kappa shape index (κ3) is 4.08. The van der Waals surface area contributed by atoms with Crippen LogP contribution in [0.4, 0.5) is 0 Å². The fraction of sp³-hybridized carbons (Fsp3) is 0.579. The first-order valence-electron chi connectivity index (χ1n) is 9.23. The number of nitrogens with zero attached hydrogens (tertiary/aromatic N) is 5. The smallest absolute Gasteiger partial charge is 0.0983 e. The molecular formula is C19H27N5O. The molecule has 4 heterocycles. The summed E-state index contributed by atoms with van der Waals surface area (Å²) in [5, 5.41) is 4.66. The molecule has 2 saturated heterocycles. The molecule has 0 N–H and O–H groups in total. The van der Waals surface area contributed by atoms with Gasteiger partial charge < -0.3 is 4.74 Å². The van der Waals surface area contributed by atoms with Crippen LogP contribution in [0.5, 0.6) is 0 Å². The molecule has 0 aliphatic carbocycles. The summed E-state index contributed by atoms with van der Waals surface area (Å²) in [5.41, 5.74) is 3.46. The molecule has 6 nitrogen and oxygen atoms in total. The SMILES string of the molecule is Cn1cc(CN2CCC(CN3CCOCC3)C2)c(-c2cccnc2)n1. The molecule has 0 bridgehead atoms. The fourth-order valence-corrected chi connectivity index (χ4v) is 3.99. The second-order valence-corrected chi connectivity index (χ2v) is 7.22. The zero-order valence-corrected chi connectivity index (χ0v) is 15.0. The zero-order valence-electron chi connectivity index (χ0n) is 15.0. The highest BCUT2D eigenvalue weighted by Crippen LogP contribution is 2.25. The fourth-order valence-electron chi connectivity index (χ4n) is 3.99. The van der Waals surface area contributed by atoms with Gasteiger partial charge in [-0.25, -0.2) is 0 Å². The van der Waals surface area contributed by atoms with E-state index in [0.717, 1.165) is 50.0 Å². The predicted molar refractivity (Wildman–Crippen MR) is 97.1 cm³/mol. The summed E-state index contributed by atoms with van der Waals surface area (Å²) in [5.74, 6) is 0.775. The highest BCUT2D eigenvalue weighted by Gasteiger charge is 2.26. The van der Waals surface area contributed by atoms with E-state index in [1.807, 2.05) is 30.2 Å². The molecule has 0 saturated carbocycles. The summed E-state index contributed by atoms with van der Waals surface area (Å²) in [6, 6.07) is 4.06. The third-order valence-electron chi connectivity index (χ3n) is 5.22. The predicted octanol–water partition coefficient (Wildman–Crippen LogP) is 1.64. The number of ether oxygens (including phenoxy) is 1. The highest BCUT2D eigenvalue weighted by molar-refractivity contribution is 5.61. The van der Waals surface area contributed by atoms with Gasteiger partial charge in [0.15, 0.2) is 0 Å². The van der Waals surface area contributed by atoms with E-state index in [-0.39, 0.29) is 0 Å². The van der Waals surface area contributed by atoms with E-state index in [9.17, 15) is 0 Å². The average molecular weight is 341 g/mol. The van der Waals surface area contributed by atoms with Crippen molar-refractivity contribution in [3.8, 4) is 11.3 Å². The average Bonchev–Trinajstić information content (AvgIpc) is 3.23. The van der Waals surface area contributed by atoms with Crippen LogP contribution in [0.3, 0.4) is 0 Å². The second-order valence-electron chi connectivity index (χ2n) is 7.22. The topological polar surface area (TPSA) is 46.4 Å². The van der Waals surface area contributed by atoms with Gasteiger partial charge in [0.05, 0.1) is 18.9 Å². The summed E-state index contributed by atoms with van der Waals surface area (Å²) >= 11 is 0. The number of aromatic nitrogens is 3. The van der Waals surface area contributed by atoms with Crippen LogP contribution < -0.4 is 0 Å². The van der Waals surface area contributed by atoms with E-state index in [2.05, 4.69) is 32.1 Å². The van der Waals surface area contributed by atoms with E-state index >= 15 is 0 Å². The highest BCUT2D eigenvalue weighted by atomic mass is 16.5. The number of likely N-dealkylation sites (tertiary alicyclic amines) is 1. The summed E-state index contributed by atoms with van der Waals surface area (Å²) in [7, 11) is 1.99. The second kappa shape index (κ2) is 7.64. The number of morpholine rings is 1. The first-order valence-corrected chi connectivity index (χ1v) is 9.23. The maximum atomic E-state index is 5.46. The monoisotopic (exact) mass is 341 g/mol. The van der Waals surface area contributed by atoms with Crippen LogP contribution >= 0.6 is 0 Å². The number of rotatable bonds is 5. The van der Waals surface area contributed by atoms with Crippen molar-refractivity contribution in [2.45, 2.75) is 13.0 Å². The Hall–Kier alpha value is -1.76. The lowest BCUT2D eigenvalue weighted by molar-refractivity contribution is 0.0311. The number of hydrogen-bond acceptors (Lipinski definition) is 5. The third-order valence-corrected chi connectivity index (χ3v) is 5.22. The summed E-state index contributed by atoms with van der Waals surface area (Å²) in [6.07, 6.45) is 7.15. The van der Waals surface area contributed by atoms with Gasteiger partial charge in [0, 0.05) is 69.5 Å². The van der Waals surface area contributed by atoms with E-state index in [1.54, 1.807) is 0 Å². The Morgan fingerprint density at radius 1 is 1.20 bits per heavy atom. The lowest BCUT2D eigenvalue weighted by atomic mass is 10.1. The van der Waals surface area contributed by atoms with Gasteiger partial charge in [-0.1, -0.05) is 0 Å². The minimum absolute atomic E-state index is 0.775. The number of pyridine rings is 1. The molecule has 0 radical (unpaired) electrons. The molecule has 4 rings (SSSR count). The number of hydrogen-bond donors (Lipinski definition) is 0. The van der Waals surface area contributed by atoms with E-state index in [4.69, 9.17) is 4.74 Å². The van der Waals surface area contributed by atoms with Gasteiger partial charge in [-0.05, 0) is 31.0 Å². The van der Waals surface area contributed by atoms with E-state index < -0.39 is 0 Å². The molecule has 6 heteroatoms.